The van der Waals surface area contributed by atoms with Crippen molar-refractivity contribution in [1.29, 1.82) is 0 Å². The van der Waals surface area contributed by atoms with E-state index in [1.54, 1.807) is 0 Å². The van der Waals surface area contributed by atoms with E-state index in [9.17, 15) is 9.59 Å². The van der Waals surface area contributed by atoms with Crippen molar-refractivity contribution in [2.24, 2.45) is 17.6 Å². The summed E-state index contributed by atoms with van der Waals surface area (Å²) in [6.07, 6.45) is 0.745. The van der Waals surface area contributed by atoms with Crippen molar-refractivity contribution in [3.8, 4) is 0 Å². The average Bonchev–Trinajstić information content (AvgIpc) is 3.10. The molecule has 0 bridgehead atoms. The number of nitrogens with zero attached hydrogens (tertiary/aromatic N) is 1. The monoisotopic (exact) mass is 260 g/mol. The van der Waals surface area contributed by atoms with Crippen molar-refractivity contribution in [3.05, 3.63) is 35.4 Å². The van der Waals surface area contributed by atoms with Crippen molar-refractivity contribution < 1.29 is 9.59 Å². The molecule has 2 N–H and O–H groups in total. The molecule has 2 fully saturated rings. The number of amides is 2. The summed E-state index contributed by atoms with van der Waals surface area (Å²) >= 11 is 4.87. The van der Waals surface area contributed by atoms with Crippen molar-refractivity contribution in [2.45, 2.75) is 13.0 Å². The van der Waals surface area contributed by atoms with Gasteiger partial charge in [-0.25, -0.2) is 0 Å². The van der Waals surface area contributed by atoms with E-state index in [0.717, 1.165) is 17.5 Å². The summed E-state index contributed by atoms with van der Waals surface area (Å²) in [5.74, 6) is -0.117. The third-order valence-corrected chi connectivity index (χ3v) is 3.77. The van der Waals surface area contributed by atoms with Crippen LogP contribution in [0.4, 0.5) is 0 Å². The van der Waals surface area contributed by atoms with Crippen molar-refractivity contribution >= 4 is 29.0 Å². The highest BCUT2D eigenvalue weighted by molar-refractivity contribution is 7.80. The molecule has 1 heterocycles. The number of fused-ring (bicyclic) bond motifs is 1. The van der Waals surface area contributed by atoms with Gasteiger partial charge in [-0.3, -0.25) is 14.5 Å². The van der Waals surface area contributed by atoms with Crippen molar-refractivity contribution in [3.63, 3.8) is 0 Å². The SMILES string of the molecule is NC(=S)c1ccc(CN2C(=O)C3CC3C2=O)cc1. The summed E-state index contributed by atoms with van der Waals surface area (Å²) in [7, 11) is 0. The molecule has 0 radical (unpaired) electrons. The normalized spacial score (nSPS) is 25.2. The van der Waals surface area contributed by atoms with E-state index in [-0.39, 0.29) is 23.7 Å². The first-order chi connectivity index (χ1) is 8.58. The van der Waals surface area contributed by atoms with Gasteiger partial charge < -0.3 is 5.73 Å². The Morgan fingerprint density at radius 2 is 1.78 bits per heavy atom. The lowest BCUT2D eigenvalue weighted by Gasteiger charge is -2.16. The van der Waals surface area contributed by atoms with Crippen molar-refractivity contribution in [2.75, 3.05) is 0 Å². The lowest BCUT2D eigenvalue weighted by Crippen LogP contribution is -2.32. The molecule has 1 aromatic carbocycles. The van der Waals surface area contributed by atoms with Crippen molar-refractivity contribution in [1.82, 2.24) is 4.90 Å². The minimum Gasteiger partial charge on any atom is -0.389 e. The van der Waals surface area contributed by atoms with Crippen LogP contribution in [-0.4, -0.2) is 21.7 Å². The van der Waals surface area contributed by atoms with Gasteiger partial charge >= 0.3 is 0 Å². The van der Waals surface area contributed by atoms with Gasteiger partial charge in [0.2, 0.25) is 11.8 Å². The van der Waals surface area contributed by atoms with Crippen LogP contribution < -0.4 is 5.73 Å². The van der Waals surface area contributed by atoms with E-state index < -0.39 is 0 Å². The summed E-state index contributed by atoms with van der Waals surface area (Å²) in [4.78, 5) is 25.3. The average molecular weight is 260 g/mol. The predicted octanol–water partition coefficient (Wildman–Crippen LogP) is 0.826. The van der Waals surface area contributed by atoms with E-state index in [0.29, 0.717) is 11.5 Å². The van der Waals surface area contributed by atoms with Crippen LogP contribution in [-0.2, 0) is 16.1 Å². The van der Waals surface area contributed by atoms with Gasteiger partial charge in [-0.1, -0.05) is 36.5 Å². The smallest absolute Gasteiger partial charge is 0.233 e. The van der Waals surface area contributed by atoms with Crippen LogP contribution in [0.5, 0.6) is 0 Å². The second-order valence-corrected chi connectivity index (χ2v) is 5.21. The Hall–Kier alpha value is -1.75. The van der Waals surface area contributed by atoms with E-state index >= 15 is 0 Å². The first-order valence-corrected chi connectivity index (χ1v) is 6.22. The molecule has 1 saturated heterocycles. The lowest BCUT2D eigenvalue weighted by atomic mass is 10.1. The third-order valence-electron chi connectivity index (χ3n) is 3.54. The highest BCUT2D eigenvalue weighted by Crippen LogP contribution is 2.47. The first-order valence-electron chi connectivity index (χ1n) is 5.82. The summed E-state index contributed by atoms with van der Waals surface area (Å²) in [6.45, 7) is 0.349. The van der Waals surface area contributed by atoms with Crippen LogP contribution in [0.2, 0.25) is 0 Å². The number of rotatable bonds is 3. The Morgan fingerprint density at radius 3 is 2.28 bits per heavy atom. The maximum absolute atomic E-state index is 11.8. The molecule has 4 nitrogen and oxygen atoms in total. The van der Waals surface area contributed by atoms with Crippen LogP contribution in [0.1, 0.15) is 17.5 Å². The summed E-state index contributed by atoms with van der Waals surface area (Å²) in [5.41, 5.74) is 7.21. The molecule has 5 heteroatoms. The Kier molecular flexibility index (Phi) is 2.45. The van der Waals surface area contributed by atoms with E-state index in [1.807, 2.05) is 24.3 Å². The second-order valence-electron chi connectivity index (χ2n) is 4.77. The number of piperidine rings is 1. The molecule has 1 aliphatic carbocycles. The molecule has 2 amide bonds. The largest absolute Gasteiger partial charge is 0.389 e. The van der Waals surface area contributed by atoms with Gasteiger partial charge in [0.25, 0.3) is 0 Å². The molecule has 3 rings (SSSR count). The number of thiocarbonyl (C=S) groups is 1. The van der Waals surface area contributed by atoms with Gasteiger partial charge in [0.15, 0.2) is 0 Å². The van der Waals surface area contributed by atoms with Crippen LogP contribution >= 0.6 is 12.2 Å². The number of likely N-dealkylation sites (tertiary alicyclic amines) is 1. The topological polar surface area (TPSA) is 63.4 Å². The molecule has 92 valence electrons. The molecule has 18 heavy (non-hydrogen) atoms. The maximum atomic E-state index is 11.8. The standard InChI is InChI=1S/C13H12N2O2S/c14-11(18)8-3-1-7(2-4-8)6-15-12(16)9-5-10(9)13(15)17/h1-4,9-10H,5-6H2,(H2,14,18). The fourth-order valence-corrected chi connectivity index (χ4v) is 2.50. The zero-order valence-electron chi connectivity index (χ0n) is 9.63. The molecule has 2 aliphatic rings. The van der Waals surface area contributed by atoms with Gasteiger partial charge in [-0.15, -0.1) is 0 Å². The number of carbonyl (C=O) groups is 2. The summed E-state index contributed by atoms with van der Waals surface area (Å²) < 4.78 is 0. The summed E-state index contributed by atoms with van der Waals surface area (Å²) in [5, 5.41) is 0. The minimum absolute atomic E-state index is 0.0246. The van der Waals surface area contributed by atoms with Crippen LogP contribution in [0, 0.1) is 11.8 Å². The predicted molar refractivity (Wildman–Crippen MR) is 69.5 cm³/mol. The number of hydrogen-bond acceptors (Lipinski definition) is 3. The number of hydrogen-bond donors (Lipinski definition) is 1. The molecular formula is C13H12N2O2S. The number of imide groups is 1. The number of carbonyl (C=O) groups excluding carboxylic acids is 2. The van der Waals surface area contributed by atoms with Gasteiger partial charge in [-0.05, 0) is 12.0 Å². The Balaban J connectivity index is 1.75. The zero-order valence-corrected chi connectivity index (χ0v) is 10.4. The quantitative estimate of drug-likeness (QED) is 0.646. The molecule has 1 aromatic rings. The van der Waals surface area contributed by atoms with Gasteiger partial charge in [0.1, 0.15) is 4.99 Å². The van der Waals surface area contributed by atoms with E-state index in [2.05, 4.69) is 0 Å². The molecule has 0 spiro atoms. The third kappa shape index (κ3) is 1.71. The molecule has 1 saturated carbocycles. The summed E-state index contributed by atoms with van der Waals surface area (Å²) in [6, 6.07) is 7.31. The maximum Gasteiger partial charge on any atom is 0.233 e. The molecule has 2 unspecified atom stereocenters. The van der Waals surface area contributed by atoms with Crippen LogP contribution in [0.3, 0.4) is 0 Å². The highest BCUT2D eigenvalue weighted by Gasteiger charge is 2.58. The molecule has 2 atom stereocenters. The Bertz CT molecular complexity index is 533. The van der Waals surface area contributed by atoms with Gasteiger partial charge in [0.05, 0.1) is 18.4 Å². The molecule has 0 aromatic heterocycles. The molecular weight excluding hydrogens is 248 g/mol. The second kappa shape index (κ2) is 3.88. The van der Waals surface area contributed by atoms with E-state index in [1.165, 1.54) is 4.90 Å². The van der Waals surface area contributed by atoms with Crippen LogP contribution in [0.15, 0.2) is 24.3 Å². The fourth-order valence-electron chi connectivity index (χ4n) is 2.36. The van der Waals surface area contributed by atoms with Crippen LogP contribution in [0.25, 0.3) is 0 Å². The zero-order chi connectivity index (χ0) is 12.9. The number of benzene rings is 1. The molecule has 1 aliphatic heterocycles. The Morgan fingerprint density at radius 1 is 1.22 bits per heavy atom. The first kappa shape index (κ1) is 11.3. The lowest BCUT2D eigenvalue weighted by molar-refractivity contribution is -0.142. The number of nitrogens with two attached hydrogens (primary N) is 1. The van der Waals surface area contributed by atoms with Gasteiger partial charge in [-0.2, -0.15) is 0 Å². The fraction of sp³-hybridized carbons (Fsp3) is 0.308. The van der Waals surface area contributed by atoms with Gasteiger partial charge in [0, 0.05) is 5.56 Å². The Labute approximate surface area is 110 Å². The minimum atomic E-state index is -0.0339. The van der Waals surface area contributed by atoms with E-state index in [4.69, 9.17) is 18.0 Å². The highest BCUT2D eigenvalue weighted by atomic mass is 32.1.